The monoisotopic (exact) mass is 339 g/mol. The van der Waals surface area contributed by atoms with Gasteiger partial charge in [0.05, 0.1) is 6.61 Å². The number of hydrogen-bond donors (Lipinski definition) is 1. The molecule has 24 heavy (non-hydrogen) atoms. The van der Waals surface area contributed by atoms with E-state index < -0.39 is 24.3 Å². The third-order valence-electron chi connectivity index (χ3n) is 3.17. The Balaban J connectivity index is 2.11. The van der Waals surface area contributed by atoms with Gasteiger partial charge >= 0.3 is 12.1 Å². The van der Waals surface area contributed by atoms with E-state index in [0.29, 0.717) is 5.56 Å². The van der Waals surface area contributed by atoms with Crippen molar-refractivity contribution in [3.8, 4) is 5.75 Å². The summed E-state index contributed by atoms with van der Waals surface area (Å²) in [6.07, 6.45) is -6.76. The molecule has 0 saturated carbocycles. The van der Waals surface area contributed by atoms with E-state index in [-0.39, 0.29) is 12.4 Å². The molecule has 0 radical (unpaired) electrons. The number of benzene rings is 2. The van der Waals surface area contributed by atoms with Crippen LogP contribution in [-0.2, 0) is 16.1 Å². The molecule has 0 spiro atoms. The molecule has 2 atom stereocenters. The van der Waals surface area contributed by atoms with Crippen LogP contribution in [0.4, 0.5) is 13.2 Å². The molecule has 7 heteroatoms. The maximum atomic E-state index is 12.9. The van der Waals surface area contributed by atoms with Gasteiger partial charge in [0, 0.05) is 0 Å². The number of rotatable bonds is 6. The molecule has 0 bridgehead atoms. The number of halogens is 3. The lowest BCUT2D eigenvalue weighted by Crippen LogP contribution is -2.53. The van der Waals surface area contributed by atoms with Crippen molar-refractivity contribution in [3.63, 3.8) is 0 Å². The molecule has 0 amide bonds. The molecule has 0 aliphatic rings. The molecular weight excluding hydrogens is 323 g/mol. The van der Waals surface area contributed by atoms with Crippen molar-refractivity contribution in [3.05, 3.63) is 66.2 Å². The van der Waals surface area contributed by atoms with E-state index in [2.05, 4.69) is 0 Å². The molecule has 2 N–H and O–H groups in total. The highest BCUT2D eigenvalue weighted by atomic mass is 19.4. The number of carbonyl (C=O) groups excluding carboxylic acids is 1. The highest BCUT2D eigenvalue weighted by molar-refractivity contribution is 5.78. The Bertz CT molecular complexity index is 647. The van der Waals surface area contributed by atoms with Gasteiger partial charge in [-0.3, -0.25) is 0 Å². The van der Waals surface area contributed by atoms with Crippen LogP contribution in [0.5, 0.6) is 5.75 Å². The summed E-state index contributed by atoms with van der Waals surface area (Å²) in [5.74, 6) is -1.08. The Morgan fingerprint density at radius 3 is 2.08 bits per heavy atom. The topological polar surface area (TPSA) is 61.5 Å². The second-order valence-electron chi connectivity index (χ2n) is 5.02. The quantitative estimate of drug-likeness (QED) is 0.649. The first-order valence-corrected chi connectivity index (χ1v) is 7.12. The zero-order valence-electron chi connectivity index (χ0n) is 12.6. The molecule has 128 valence electrons. The highest BCUT2D eigenvalue weighted by Crippen LogP contribution is 2.24. The van der Waals surface area contributed by atoms with Crippen LogP contribution in [0, 0.1) is 0 Å². The van der Waals surface area contributed by atoms with E-state index in [9.17, 15) is 18.0 Å². The van der Waals surface area contributed by atoms with Crippen LogP contribution in [0.2, 0.25) is 0 Å². The molecule has 2 aromatic rings. The van der Waals surface area contributed by atoms with Gasteiger partial charge in [-0.05, 0) is 17.7 Å². The van der Waals surface area contributed by atoms with Gasteiger partial charge in [-0.15, -0.1) is 0 Å². The lowest BCUT2D eigenvalue weighted by Gasteiger charge is -2.24. The molecule has 0 aliphatic carbocycles. The average molecular weight is 339 g/mol. The molecule has 0 unspecified atom stereocenters. The predicted octanol–water partition coefficient (Wildman–Crippen LogP) is 3.07. The van der Waals surface area contributed by atoms with Gasteiger partial charge in [-0.25, -0.2) is 4.79 Å². The average Bonchev–Trinajstić information content (AvgIpc) is 2.56. The maximum absolute atomic E-state index is 12.9. The third-order valence-corrected chi connectivity index (χ3v) is 3.17. The van der Waals surface area contributed by atoms with Crippen molar-refractivity contribution in [2.45, 2.75) is 24.9 Å². The van der Waals surface area contributed by atoms with Gasteiger partial charge in [0.1, 0.15) is 11.8 Å². The first-order valence-electron chi connectivity index (χ1n) is 7.12. The van der Waals surface area contributed by atoms with Crippen LogP contribution >= 0.6 is 0 Å². The highest BCUT2D eigenvalue weighted by Gasteiger charge is 2.46. The van der Waals surface area contributed by atoms with E-state index in [0.717, 1.165) is 0 Å². The number of para-hydroxylation sites is 1. The van der Waals surface area contributed by atoms with Crippen molar-refractivity contribution >= 4 is 5.97 Å². The van der Waals surface area contributed by atoms with Crippen molar-refractivity contribution in [1.29, 1.82) is 0 Å². The largest absolute Gasteiger partial charge is 0.425 e. The molecule has 0 saturated heterocycles. The fraction of sp³-hybridized carbons (Fsp3) is 0.235. The standard InChI is InChI=1S/C17H16F3NO3/c18-17(19,20)15(21)14(23-11-12-7-3-1-4-8-12)16(22)24-13-9-5-2-6-10-13/h1-10,14-15H,11,21H2/t14-,15-/m0/s1. The van der Waals surface area contributed by atoms with E-state index in [1.165, 1.54) is 12.1 Å². The zero-order valence-corrected chi connectivity index (χ0v) is 12.6. The Labute approximate surface area is 137 Å². The van der Waals surface area contributed by atoms with Crippen molar-refractivity contribution in [1.82, 2.24) is 0 Å². The summed E-state index contributed by atoms with van der Waals surface area (Å²) in [4.78, 5) is 12.1. The van der Waals surface area contributed by atoms with Crippen LogP contribution in [0.1, 0.15) is 5.56 Å². The van der Waals surface area contributed by atoms with Gasteiger partial charge in [0.15, 0.2) is 6.10 Å². The zero-order chi connectivity index (χ0) is 17.6. The number of alkyl halides is 3. The Morgan fingerprint density at radius 1 is 1.00 bits per heavy atom. The van der Waals surface area contributed by atoms with Crippen LogP contribution in [0.25, 0.3) is 0 Å². The third kappa shape index (κ3) is 5.07. The molecule has 0 fully saturated rings. The minimum absolute atomic E-state index is 0.116. The van der Waals surface area contributed by atoms with E-state index in [1.807, 2.05) is 0 Å². The second-order valence-corrected chi connectivity index (χ2v) is 5.02. The first-order chi connectivity index (χ1) is 11.4. The molecule has 2 rings (SSSR count). The fourth-order valence-corrected chi connectivity index (χ4v) is 1.91. The number of hydrogen-bond acceptors (Lipinski definition) is 4. The number of esters is 1. The van der Waals surface area contributed by atoms with Crippen LogP contribution in [0.15, 0.2) is 60.7 Å². The molecule has 2 aromatic carbocycles. The van der Waals surface area contributed by atoms with Crippen LogP contribution < -0.4 is 10.5 Å². The van der Waals surface area contributed by atoms with Gasteiger partial charge in [0.2, 0.25) is 0 Å². The Kier molecular flexibility index (Phi) is 5.94. The minimum Gasteiger partial charge on any atom is -0.425 e. The molecule has 0 aromatic heterocycles. The van der Waals surface area contributed by atoms with E-state index in [4.69, 9.17) is 15.2 Å². The number of ether oxygens (including phenoxy) is 2. The SMILES string of the molecule is N[C@@H]([C@H](OCc1ccccc1)C(=O)Oc1ccccc1)C(F)(F)F. The summed E-state index contributed by atoms with van der Waals surface area (Å²) < 4.78 is 48.8. The maximum Gasteiger partial charge on any atom is 0.406 e. The summed E-state index contributed by atoms with van der Waals surface area (Å²) in [5.41, 5.74) is 5.78. The summed E-state index contributed by atoms with van der Waals surface area (Å²) in [6.45, 7) is -0.195. The van der Waals surface area contributed by atoms with E-state index >= 15 is 0 Å². The molecule has 0 heterocycles. The van der Waals surface area contributed by atoms with Crippen LogP contribution in [-0.4, -0.2) is 24.3 Å². The number of carbonyl (C=O) groups is 1. The van der Waals surface area contributed by atoms with Crippen LogP contribution in [0.3, 0.4) is 0 Å². The Morgan fingerprint density at radius 2 is 1.54 bits per heavy atom. The fourth-order valence-electron chi connectivity index (χ4n) is 1.91. The van der Waals surface area contributed by atoms with E-state index in [1.54, 1.807) is 48.5 Å². The van der Waals surface area contributed by atoms with Gasteiger partial charge in [-0.2, -0.15) is 13.2 Å². The van der Waals surface area contributed by atoms with Crippen molar-refractivity contribution < 1.29 is 27.4 Å². The van der Waals surface area contributed by atoms with Gasteiger partial charge in [0.25, 0.3) is 0 Å². The normalized spacial score (nSPS) is 14.0. The predicted molar refractivity (Wildman–Crippen MR) is 81.1 cm³/mol. The smallest absolute Gasteiger partial charge is 0.406 e. The number of nitrogens with two attached hydrogens (primary N) is 1. The molecule has 4 nitrogen and oxygen atoms in total. The lowest BCUT2D eigenvalue weighted by molar-refractivity contribution is -0.189. The first kappa shape index (κ1) is 18.0. The second kappa shape index (κ2) is 7.94. The molecular formula is C17H16F3NO3. The summed E-state index contributed by atoms with van der Waals surface area (Å²) >= 11 is 0. The lowest BCUT2D eigenvalue weighted by atomic mass is 10.1. The minimum atomic E-state index is -4.79. The van der Waals surface area contributed by atoms with Gasteiger partial charge in [-0.1, -0.05) is 48.5 Å². The summed E-state index contributed by atoms with van der Waals surface area (Å²) in [6, 6.07) is 13.8. The molecule has 0 aliphatic heterocycles. The summed E-state index contributed by atoms with van der Waals surface area (Å²) in [7, 11) is 0. The van der Waals surface area contributed by atoms with Crippen molar-refractivity contribution in [2.24, 2.45) is 5.73 Å². The van der Waals surface area contributed by atoms with Crippen molar-refractivity contribution in [2.75, 3.05) is 0 Å². The Hall–Kier alpha value is -2.38. The van der Waals surface area contributed by atoms with Gasteiger partial charge < -0.3 is 15.2 Å². The summed E-state index contributed by atoms with van der Waals surface area (Å²) in [5, 5.41) is 0.